The number of rotatable bonds is 5. The Bertz CT molecular complexity index is 751. The van der Waals surface area contributed by atoms with Gasteiger partial charge < -0.3 is 9.80 Å². The quantitative estimate of drug-likeness (QED) is 0.827. The van der Waals surface area contributed by atoms with Crippen LogP contribution in [0.3, 0.4) is 0 Å². The SMILES string of the molecule is Cc1ccc(C#N)c(N2CCC(Cn3cc(CN(C)C)nn3)CC2)n1. The minimum absolute atomic E-state index is 0.584. The van der Waals surface area contributed by atoms with Crippen LogP contribution in [0, 0.1) is 24.2 Å². The minimum atomic E-state index is 0.584. The van der Waals surface area contributed by atoms with Gasteiger partial charge >= 0.3 is 0 Å². The van der Waals surface area contributed by atoms with Crippen LogP contribution in [0.1, 0.15) is 29.8 Å². The summed E-state index contributed by atoms with van der Waals surface area (Å²) in [5.74, 6) is 1.41. The van der Waals surface area contributed by atoms with Crippen LogP contribution in [0.5, 0.6) is 0 Å². The molecule has 0 aliphatic carbocycles. The van der Waals surface area contributed by atoms with Crippen molar-refractivity contribution in [2.45, 2.75) is 32.9 Å². The average molecular weight is 339 g/mol. The van der Waals surface area contributed by atoms with Crippen molar-refractivity contribution in [2.24, 2.45) is 5.92 Å². The maximum atomic E-state index is 9.31. The molecule has 0 aromatic carbocycles. The Labute approximate surface area is 148 Å². The van der Waals surface area contributed by atoms with E-state index >= 15 is 0 Å². The molecule has 3 heterocycles. The predicted molar refractivity (Wildman–Crippen MR) is 96.0 cm³/mol. The van der Waals surface area contributed by atoms with Crippen LogP contribution in [0.25, 0.3) is 0 Å². The van der Waals surface area contributed by atoms with Gasteiger partial charge in [-0.05, 0) is 51.9 Å². The molecule has 0 spiro atoms. The van der Waals surface area contributed by atoms with E-state index in [0.717, 1.165) is 56.2 Å². The third-order valence-electron chi connectivity index (χ3n) is 4.56. The van der Waals surface area contributed by atoms with Gasteiger partial charge in [0.1, 0.15) is 11.9 Å². The number of hydrogen-bond donors (Lipinski definition) is 0. The van der Waals surface area contributed by atoms with Crippen molar-refractivity contribution in [3.05, 3.63) is 35.3 Å². The van der Waals surface area contributed by atoms with Crippen molar-refractivity contribution in [3.8, 4) is 6.07 Å². The minimum Gasteiger partial charge on any atom is -0.355 e. The summed E-state index contributed by atoms with van der Waals surface area (Å²) in [5, 5.41) is 17.8. The lowest BCUT2D eigenvalue weighted by Crippen LogP contribution is -2.36. The van der Waals surface area contributed by atoms with E-state index in [-0.39, 0.29) is 0 Å². The molecule has 0 atom stereocenters. The molecule has 0 N–H and O–H groups in total. The summed E-state index contributed by atoms with van der Waals surface area (Å²) in [6, 6.07) is 6.02. The number of pyridine rings is 1. The summed E-state index contributed by atoms with van der Waals surface area (Å²) in [5.41, 5.74) is 2.62. The standard InChI is InChI=1S/C18H25N7/c1-14-4-5-16(10-19)18(20-14)24-8-6-15(7-9-24)11-25-13-17(21-22-25)12-23(2)3/h4-5,13,15H,6-9,11-12H2,1-3H3. The summed E-state index contributed by atoms with van der Waals surface area (Å²) in [7, 11) is 4.06. The zero-order valence-corrected chi connectivity index (χ0v) is 15.2. The molecular weight excluding hydrogens is 314 g/mol. The van der Waals surface area contributed by atoms with E-state index in [1.54, 1.807) is 0 Å². The molecule has 3 rings (SSSR count). The van der Waals surface area contributed by atoms with Gasteiger partial charge in [-0.1, -0.05) is 5.21 Å². The highest BCUT2D eigenvalue weighted by Crippen LogP contribution is 2.25. The summed E-state index contributed by atoms with van der Waals surface area (Å²) in [6.45, 7) is 5.53. The Kier molecular flexibility index (Phi) is 5.29. The number of hydrogen-bond acceptors (Lipinski definition) is 6. The maximum absolute atomic E-state index is 9.31. The highest BCUT2D eigenvalue weighted by atomic mass is 15.4. The van der Waals surface area contributed by atoms with Gasteiger partial charge in [-0.3, -0.25) is 4.68 Å². The molecule has 0 saturated carbocycles. The van der Waals surface area contributed by atoms with Crippen LogP contribution >= 0.6 is 0 Å². The highest BCUT2D eigenvalue weighted by molar-refractivity contribution is 5.54. The summed E-state index contributed by atoms with van der Waals surface area (Å²) >= 11 is 0. The summed E-state index contributed by atoms with van der Waals surface area (Å²) in [6.07, 6.45) is 4.19. The first-order valence-electron chi connectivity index (χ1n) is 8.71. The van der Waals surface area contributed by atoms with Crippen LogP contribution < -0.4 is 4.90 Å². The number of anilines is 1. The highest BCUT2D eigenvalue weighted by Gasteiger charge is 2.23. The molecule has 132 valence electrons. The van der Waals surface area contributed by atoms with Gasteiger partial charge in [-0.2, -0.15) is 5.26 Å². The summed E-state index contributed by atoms with van der Waals surface area (Å²) < 4.78 is 1.96. The zero-order valence-electron chi connectivity index (χ0n) is 15.2. The van der Waals surface area contributed by atoms with Gasteiger partial charge in [-0.15, -0.1) is 5.10 Å². The molecule has 1 saturated heterocycles. The van der Waals surface area contributed by atoms with E-state index in [9.17, 15) is 5.26 Å². The number of aromatic nitrogens is 4. The molecule has 0 unspecified atom stereocenters. The van der Waals surface area contributed by atoms with Crippen molar-refractivity contribution in [2.75, 3.05) is 32.1 Å². The second-order valence-electron chi connectivity index (χ2n) is 7.04. The van der Waals surface area contributed by atoms with Gasteiger partial charge in [0.25, 0.3) is 0 Å². The topological polar surface area (TPSA) is 73.9 Å². The van der Waals surface area contributed by atoms with Gasteiger partial charge in [0, 0.05) is 38.1 Å². The molecule has 25 heavy (non-hydrogen) atoms. The average Bonchev–Trinajstić information content (AvgIpc) is 3.01. The first-order valence-corrected chi connectivity index (χ1v) is 8.71. The second kappa shape index (κ2) is 7.62. The molecule has 0 amide bonds. The third kappa shape index (κ3) is 4.34. The Morgan fingerprint density at radius 1 is 1.28 bits per heavy atom. The van der Waals surface area contributed by atoms with Crippen molar-refractivity contribution < 1.29 is 0 Å². The molecule has 1 fully saturated rings. The normalized spacial score (nSPS) is 15.6. The maximum Gasteiger partial charge on any atom is 0.146 e. The fourth-order valence-electron chi connectivity index (χ4n) is 3.29. The monoisotopic (exact) mass is 339 g/mol. The van der Waals surface area contributed by atoms with Gasteiger partial charge in [0.05, 0.1) is 11.3 Å². The molecular formula is C18H25N7. The van der Waals surface area contributed by atoms with E-state index in [4.69, 9.17) is 0 Å². The number of nitriles is 1. The van der Waals surface area contributed by atoms with E-state index in [1.165, 1.54) is 0 Å². The molecule has 2 aromatic rings. The third-order valence-corrected chi connectivity index (χ3v) is 4.56. The molecule has 0 radical (unpaired) electrons. The number of nitrogens with zero attached hydrogens (tertiary/aromatic N) is 7. The first-order chi connectivity index (χ1) is 12.0. The zero-order chi connectivity index (χ0) is 17.8. The molecule has 2 aromatic heterocycles. The van der Waals surface area contributed by atoms with Crippen LogP contribution in [0.4, 0.5) is 5.82 Å². The lowest BCUT2D eigenvalue weighted by atomic mass is 9.96. The Hall–Kier alpha value is -2.46. The second-order valence-corrected chi connectivity index (χ2v) is 7.04. The van der Waals surface area contributed by atoms with Crippen molar-refractivity contribution in [3.63, 3.8) is 0 Å². The van der Waals surface area contributed by atoms with Gasteiger partial charge in [0.15, 0.2) is 0 Å². The van der Waals surface area contributed by atoms with Crippen molar-refractivity contribution >= 4 is 5.82 Å². The van der Waals surface area contributed by atoms with Crippen molar-refractivity contribution in [1.29, 1.82) is 5.26 Å². The Morgan fingerprint density at radius 3 is 2.72 bits per heavy atom. The fraction of sp³-hybridized carbons (Fsp3) is 0.556. The van der Waals surface area contributed by atoms with Crippen LogP contribution in [-0.2, 0) is 13.1 Å². The van der Waals surface area contributed by atoms with Crippen LogP contribution in [0.15, 0.2) is 18.3 Å². The van der Waals surface area contributed by atoms with E-state index < -0.39 is 0 Å². The lowest BCUT2D eigenvalue weighted by molar-refractivity contribution is 0.338. The predicted octanol–water partition coefficient (Wildman–Crippen LogP) is 1.83. The lowest BCUT2D eigenvalue weighted by Gasteiger charge is -2.33. The van der Waals surface area contributed by atoms with E-state index in [1.807, 2.05) is 44.0 Å². The largest absolute Gasteiger partial charge is 0.355 e. The fourth-order valence-corrected chi connectivity index (χ4v) is 3.29. The van der Waals surface area contributed by atoms with Gasteiger partial charge in [-0.25, -0.2) is 4.98 Å². The first kappa shape index (κ1) is 17.4. The summed E-state index contributed by atoms with van der Waals surface area (Å²) in [4.78, 5) is 8.91. The van der Waals surface area contributed by atoms with E-state index in [0.29, 0.717) is 11.5 Å². The number of piperidine rings is 1. The van der Waals surface area contributed by atoms with Gasteiger partial charge in [0.2, 0.25) is 0 Å². The number of aryl methyl sites for hydroxylation is 1. The Morgan fingerprint density at radius 2 is 2.04 bits per heavy atom. The molecule has 7 nitrogen and oxygen atoms in total. The molecule has 1 aliphatic heterocycles. The molecule has 0 bridgehead atoms. The van der Waals surface area contributed by atoms with Crippen LogP contribution in [0.2, 0.25) is 0 Å². The van der Waals surface area contributed by atoms with Crippen molar-refractivity contribution in [1.82, 2.24) is 24.9 Å². The molecule has 7 heteroatoms. The smallest absolute Gasteiger partial charge is 0.146 e. The molecule has 1 aliphatic rings. The van der Waals surface area contributed by atoms with Crippen LogP contribution in [-0.4, -0.2) is 52.1 Å². The Balaban J connectivity index is 1.58. The van der Waals surface area contributed by atoms with E-state index in [2.05, 4.69) is 31.2 Å².